The quantitative estimate of drug-likeness (QED) is 0.382. The molecule has 0 radical (unpaired) electrons. The molecule has 2 aromatic carbocycles. The van der Waals surface area contributed by atoms with Gasteiger partial charge in [-0.3, -0.25) is 15.1 Å². The second-order valence-electron chi connectivity index (χ2n) is 3.82. The Kier molecular flexibility index (Phi) is 3.42. The number of anilines is 1. The van der Waals surface area contributed by atoms with Gasteiger partial charge in [-0.15, -0.1) is 0 Å². The molecule has 0 aliphatic carbocycles. The Labute approximate surface area is 109 Å². The van der Waals surface area contributed by atoms with E-state index in [4.69, 9.17) is 5.73 Å². The molecular formula is C13H11N3O3. The summed E-state index contributed by atoms with van der Waals surface area (Å²) >= 11 is 0. The highest BCUT2D eigenvalue weighted by Crippen LogP contribution is 2.27. The van der Waals surface area contributed by atoms with Crippen molar-refractivity contribution in [1.29, 1.82) is 0 Å². The lowest BCUT2D eigenvalue weighted by Crippen LogP contribution is -1.91. The predicted octanol–water partition coefficient (Wildman–Crippen LogP) is 2.63. The Bertz CT molecular complexity index is 653. The van der Waals surface area contributed by atoms with E-state index in [9.17, 15) is 15.2 Å². The average Bonchev–Trinajstić information content (AvgIpc) is 2.39. The predicted molar refractivity (Wildman–Crippen MR) is 72.9 cm³/mol. The number of nitro benzene ring substituents is 1. The minimum absolute atomic E-state index is 0.0789. The van der Waals surface area contributed by atoms with Crippen molar-refractivity contribution in [3.05, 3.63) is 58.1 Å². The van der Waals surface area contributed by atoms with Crippen molar-refractivity contribution in [3.8, 4) is 5.75 Å². The van der Waals surface area contributed by atoms with E-state index in [2.05, 4.69) is 4.99 Å². The minimum Gasteiger partial charge on any atom is -0.507 e. The molecule has 2 rings (SSSR count). The zero-order valence-corrected chi connectivity index (χ0v) is 9.85. The number of aromatic hydroxyl groups is 1. The van der Waals surface area contributed by atoms with E-state index in [0.29, 0.717) is 11.3 Å². The lowest BCUT2D eigenvalue weighted by Gasteiger charge is -2.00. The van der Waals surface area contributed by atoms with E-state index < -0.39 is 4.92 Å². The first-order valence-electron chi connectivity index (χ1n) is 5.44. The number of hydrogen-bond donors (Lipinski definition) is 2. The van der Waals surface area contributed by atoms with Crippen LogP contribution >= 0.6 is 0 Å². The Morgan fingerprint density at radius 1 is 1.26 bits per heavy atom. The number of para-hydroxylation sites is 1. The number of benzene rings is 2. The fraction of sp³-hybridized carbons (Fsp3) is 0. The van der Waals surface area contributed by atoms with Gasteiger partial charge < -0.3 is 10.8 Å². The molecule has 0 bridgehead atoms. The van der Waals surface area contributed by atoms with Crippen molar-refractivity contribution in [1.82, 2.24) is 0 Å². The lowest BCUT2D eigenvalue weighted by atomic mass is 10.2. The Balaban J connectivity index is 2.35. The zero-order chi connectivity index (χ0) is 13.8. The molecule has 0 saturated heterocycles. The fourth-order valence-electron chi connectivity index (χ4n) is 1.49. The molecule has 0 aliphatic rings. The molecule has 0 unspecified atom stereocenters. The normalized spacial score (nSPS) is 10.7. The second kappa shape index (κ2) is 5.18. The number of aliphatic imine (C=N–C) groups is 1. The third-order valence-corrected chi connectivity index (χ3v) is 2.50. The SMILES string of the molecule is Nc1ccc([N+](=O)[O-])cc1N=Cc1ccccc1O. The number of nitrogens with zero attached hydrogens (tertiary/aromatic N) is 2. The monoisotopic (exact) mass is 257 g/mol. The summed E-state index contributed by atoms with van der Waals surface area (Å²) in [5.41, 5.74) is 6.74. The Hall–Kier alpha value is -2.89. The van der Waals surface area contributed by atoms with Crippen LogP contribution in [0.3, 0.4) is 0 Å². The summed E-state index contributed by atoms with van der Waals surface area (Å²) in [7, 11) is 0. The van der Waals surface area contributed by atoms with Crippen LogP contribution < -0.4 is 5.73 Å². The van der Waals surface area contributed by atoms with E-state index >= 15 is 0 Å². The summed E-state index contributed by atoms with van der Waals surface area (Å²) in [6.45, 7) is 0. The molecule has 3 N–H and O–H groups in total. The molecule has 0 saturated carbocycles. The Morgan fingerprint density at radius 3 is 2.68 bits per heavy atom. The number of hydrogen-bond acceptors (Lipinski definition) is 5. The molecular weight excluding hydrogens is 246 g/mol. The van der Waals surface area contributed by atoms with Gasteiger partial charge in [0.1, 0.15) is 5.75 Å². The van der Waals surface area contributed by atoms with Gasteiger partial charge in [0.05, 0.1) is 16.3 Å². The number of nitro groups is 1. The maximum absolute atomic E-state index is 10.7. The van der Waals surface area contributed by atoms with Crippen LogP contribution in [0.5, 0.6) is 5.75 Å². The fourth-order valence-corrected chi connectivity index (χ4v) is 1.49. The molecule has 0 spiro atoms. The van der Waals surface area contributed by atoms with E-state index in [1.54, 1.807) is 18.2 Å². The summed E-state index contributed by atoms with van der Waals surface area (Å²) in [6.07, 6.45) is 1.41. The van der Waals surface area contributed by atoms with Gasteiger partial charge in [0, 0.05) is 23.9 Å². The number of nitrogen functional groups attached to an aromatic ring is 1. The van der Waals surface area contributed by atoms with Gasteiger partial charge in [0.2, 0.25) is 0 Å². The van der Waals surface area contributed by atoms with Crippen LogP contribution in [-0.4, -0.2) is 16.2 Å². The molecule has 0 fully saturated rings. The summed E-state index contributed by atoms with van der Waals surface area (Å²) in [6, 6.07) is 10.7. The Morgan fingerprint density at radius 2 is 2.00 bits per heavy atom. The number of non-ortho nitro benzene ring substituents is 1. The van der Waals surface area contributed by atoms with Crippen molar-refractivity contribution < 1.29 is 10.0 Å². The van der Waals surface area contributed by atoms with Crippen LogP contribution in [0.25, 0.3) is 0 Å². The first kappa shape index (κ1) is 12.6. The topological polar surface area (TPSA) is 102 Å². The van der Waals surface area contributed by atoms with Crippen molar-refractivity contribution in [2.24, 2.45) is 4.99 Å². The number of nitrogens with two attached hydrogens (primary N) is 1. The van der Waals surface area contributed by atoms with Gasteiger partial charge in [-0.05, 0) is 18.2 Å². The maximum Gasteiger partial charge on any atom is 0.271 e. The van der Waals surface area contributed by atoms with Gasteiger partial charge in [0.25, 0.3) is 5.69 Å². The van der Waals surface area contributed by atoms with Crippen LogP contribution in [0.15, 0.2) is 47.5 Å². The third kappa shape index (κ3) is 2.86. The summed E-state index contributed by atoms with van der Waals surface area (Å²) in [5, 5.41) is 20.2. The molecule has 0 aliphatic heterocycles. The van der Waals surface area contributed by atoms with Gasteiger partial charge in [-0.2, -0.15) is 0 Å². The van der Waals surface area contributed by atoms with Crippen molar-refractivity contribution in [2.75, 3.05) is 5.73 Å². The summed E-state index contributed by atoms with van der Waals surface area (Å²) in [5.74, 6) is 0.0789. The van der Waals surface area contributed by atoms with Gasteiger partial charge >= 0.3 is 0 Å². The van der Waals surface area contributed by atoms with Crippen LogP contribution in [-0.2, 0) is 0 Å². The number of phenolic OH excluding ortho intramolecular Hbond substituents is 1. The molecule has 0 atom stereocenters. The second-order valence-corrected chi connectivity index (χ2v) is 3.82. The first-order chi connectivity index (χ1) is 9.08. The van der Waals surface area contributed by atoms with E-state index in [1.807, 2.05) is 0 Å². The zero-order valence-electron chi connectivity index (χ0n) is 9.85. The number of rotatable bonds is 3. The van der Waals surface area contributed by atoms with E-state index in [0.717, 1.165) is 0 Å². The molecule has 6 heteroatoms. The van der Waals surface area contributed by atoms with Crippen LogP contribution in [0, 0.1) is 10.1 Å². The van der Waals surface area contributed by atoms with Crippen LogP contribution in [0.1, 0.15) is 5.56 Å². The summed E-state index contributed by atoms with van der Waals surface area (Å²) < 4.78 is 0. The molecule has 0 aromatic heterocycles. The van der Waals surface area contributed by atoms with Crippen LogP contribution in [0.4, 0.5) is 17.1 Å². The molecule has 19 heavy (non-hydrogen) atoms. The van der Waals surface area contributed by atoms with Gasteiger partial charge in [-0.25, -0.2) is 0 Å². The van der Waals surface area contributed by atoms with E-state index in [-0.39, 0.29) is 17.1 Å². The van der Waals surface area contributed by atoms with Gasteiger partial charge in [0.15, 0.2) is 0 Å². The highest BCUT2D eigenvalue weighted by molar-refractivity contribution is 5.86. The molecule has 96 valence electrons. The maximum atomic E-state index is 10.7. The molecule has 2 aromatic rings. The van der Waals surface area contributed by atoms with Crippen LogP contribution in [0.2, 0.25) is 0 Å². The van der Waals surface area contributed by atoms with Crippen molar-refractivity contribution >= 4 is 23.3 Å². The average molecular weight is 257 g/mol. The highest BCUT2D eigenvalue weighted by atomic mass is 16.6. The molecule has 0 heterocycles. The van der Waals surface area contributed by atoms with Crippen molar-refractivity contribution in [3.63, 3.8) is 0 Å². The summed E-state index contributed by atoms with van der Waals surface area (Å²) in [4.78, 5) is 14.2. The van der Waals surface area contributed by atoms with E-state index in [1.165, 1.54) is 30.5 Å². The third-order valence-electron chi connectivity index (χ3n) is 2.50. The van der Waals surface area contributed by atoms with Crippen molar-refractivity contribution in [2.45, 2.75) is 0 Å². The number of phenols is 1. The largest absolute Gasteiger partial charge is 0.507 e. The minimum atomic E-state index is -0.515. The molecule has 0 amide bonds. The van der Waals surface area contributed by atoms with Gasteiger partial charge in [-0.1, -0.05) is 12.1 Å². The standard InChI is InChI=1S/C13H11N3O3/c14-11-6-5-10(16(18)19)7-12(11)15-8-9-3-1-2-4-13(9)17/h1-8,17H,14H2. The lowest BCUT2D eigenvalue weighted by molar-refractivity contribution is -0.384. The first-order valence-corrected chi connectivity index (χ1v) is 5.44. The molecule has 6 nitrogen and oxygen atoms in total. The highest BCUT2D eigenvalue weighted by Gasteiger charge is 2.08. The smallest absolute Gasteiger partial charge is 0.271 e.